The van der Waals surface area contributed by atoms with Crippen molar-refractivity contribution >= 4 is 36.0 Å². The molecule has 0 aromatic heterocycles. The highest BCUT2D eigenvalue weighted by Gasteiger charge is 2.21. The van der Waals surface area contributed by atoms with Crippen LogP contribution < -0.4 is 16.0 Å². The molecule has 1 fully saturated rings. The molecule has 28 heavy (non-hydrogen) atoms. The van der Waals surface area contributed by atoms with Crippen LogP contribution in [-0.2, 0) is 9.47 Å². The number of amides is 1. The Morgan fingerprint density at radius 3 is 2.14 bits per heavy atom. The van der Waals surface area contributed by atoms with Crippen LogP contribution in [0.2, 0.25) is 0 Å². The van der Waals surface area contributed by atoms with E-state index in [0.29, 0.717) is 18.8 Å². The van der Waals surface area contributed by atoms with Crippen LogP contribution in [0.25, 0.3) is 0 Å². The van der Waals surface area contributed by atoms with Gasteiger partial charge in [-0.3, -0.25) is 9.89 Å². The highest BCUT2D eigenvalue weighted by Crippen LogP contribution is 2.10. The lowest BCUT2D eigenvalue weighted by Crippen LogP contribution is -2.46. The highest BCUT2D eigenvalue weighted by atomic mass is 127. The summed E-state index contributed by atoms with van der Waals surface area (Å²) in [6.45, 7) is 15.0. The second-order valence-electron chi connectivity index (χ2n) is 8.08. The van der Waals surface area contributed by atoms with Crippen molar-refractivity contribution in [1.82, 2.24) is 20.9 Å². The van der Waals surface area contributed by atoms with Gasteiger partial charge in [-0.05, 0) is 47.5 Å². The van der Waals surface area contributed by atoms with Gasteiger partial charge in [-0.1, -0.05) is 0 Å². The molecule has 0 saturated carbocycles. The summed E-state index contributed by atoms with van der Waals surface area (Å²) in [4.78, 5) is 18.2. The van der Waals surface area contributed by atoms with Crippen LogP contribution in [0.4, 0.5) is 4.79 Å². The van der Waals surface area contributed by atoms with Gasteiger partial charge in [-0.2, -0.15) is 0 Å². The Hall–Kier alpha value is -0.810. The van der Waals surface area contributed by atoms with Gasteiger partial charge in [-0.25, -0.2) is 4.79 Å². The number of morpholine rings is 1. The lowest BCUT2D eigenvalue weighted by Gasteiger charge is -2.35. The summed E-state index contributed by atoms with van der Waals surface area (Å²) in [6.07, 6.45) is 2.09. The Balaban J connectivity index is 0.00000729. The Morgan fingerprint density at radius 2 is 1.61 bits per heavy atom. The number of ether oxygens (including phenoxy) is 2. The molecule has 0 spiro atoms. The van der Waals surface area contributed by atoms with Gasteiger partial charge in [0.2, 0.25) is 0 Å². The predicted molar refractivity (Wildman–Crippen MR) is 125 cm³/mol. The molecule has 9 heteroatoms. The molecule has 8 nitrogen and oxygen atoms in total. The van der Waals surface area contributed by atoms with E-state index in [9.17, 15) is 4.79 Å². The fourth-order valence-electron chi connectivity index (χ4n) is 3.00. The first-order valence-corrected chi connectivity index (χ1v) is 9.99. The zero-order valence-corrected chi connectivity index (χ0v) is 20.7. The summed E-state index contributed by atoms with van der Waals surface area (Å²) in [5.74, 6) is 0.788. The molecule has 0 aromatic carbocycles. The standard InChI is InChI=1S/C19H39N5O3.HI/c1-15-13-24(14-16(2)26-15)12-8-11-22-17(20-6)21-9-7-10-23-18(25)27-19(3,4)5;/h15-16H,7-14H2,1-6H3,(H,23,25)(H2,20,21,22);1H. The number of aliphatic imine (C=N–C) groups is 1. The third-order valence-electron chi connectivity index (χ3n) is 3.98. The third kappa shape index (κ3) is 13.4. The van der Waals surface area contributed by atoms with Crippen LogP contribution in [-0.4, -0.2) is 81.1 Å². The van der Waals surface area contributed by atoms with Gasteiger partial charge < -0.3 is 25.4 Å². The minimum Gasteiger partial charge on any atom is -0.444 e. The van der Waals surface area contributed by atoms with E-state index in [1.165, 1.54) is 0 Å². The normalized spacial score (nSPS) is 20.9. The Morgan fingerprint density at radius 1 is 1.07 bits per heavy atom. The molecule has 3 N–H and O–H groups in total. The summed E-state index contributed by atoms with van der Waals surface area (Å²) in [5.41, 5.74) is -0.467. The van der Waals surface area contributed by atoms with E-state index < -0.39 is 5.60 Å². The Labute approximate surface area is 187 Å². The number of hydrogen-bond donors (Lipinski definition) is 3. The molecule has 1 aliphatic heterocycles. The summed E-state index contributed by atoms with van der Waals surface area (Å²) in [6, 6.07) is 0. The van der Waals surface area contributed by atoms with Gasteiger partial charge in [0.25, 0.3) is 0 Å². The smallest absolute Gasteiger partial charge is 0.407 e. The average Bonchev–Trinajstić information content (AvgIpc) is 2.54. The van der Waals surface area contributed by atoms with Gasteiger partial charge >= 0.3 is 6.09 Å². The number of halogens is 1. The van der Waals surface area contributed by atoms with Crippen molar-refractivity contribution in [1.29, 1.82) is 0 Å². The van der Waals surface area contributed by atoms with Crippen LogP contribution in [0.1, 0.15) is 47.5 Å². The maximum Gasteiger partial charge on any atom is 0.407 e. The zero-order chi connectivity index (χ0) is 20.3. The van der Waals surface area contributed by atoms with Crippen LogP contribution in [0.5, 0.6) is 0 Å². The molecule has 0 aliphatic carbocycles. The van der Waals surface area contributed by atoms with Crippen molar-refractivity contribution in [2.24, 2.45) is 4.99 Å². The van der Waals surface area contributed by atoms with Gasteiger partial charge in [0, 0.05) is 46.3 Å². The zero-order valence-electron chi connectivity index (χ0n) is 18.3. The molecular weight excluding hydrogens is 473 g/mol. The quantitative estimate of drug-likeness (QED) is 0.200. The number of rotatable bonds is 8. The van der Waals surface area contributed by atoms with Crippen molar-refractivity contribution in [3.05, 3.63) is 0 Å². The third-order valence-corrected chi connectivity index (χ3v) is 3.98. The molecule has 0 bridgehead atoms. The number of carbonyl (C=O) groups excluding carboxylic acids is 1. The van der Waals surface area contributed by atoms with E-state index in [2.05, 4.69) is 39.7 Å². The Bertz CT molecular complexity index is 461. The lowest BCUT2D eigenvalue weighted by atomic mass is 10.2. The SMILES string of the molecule is CN=C(NCCCNC(=O)OC(C)(C)C)NCCCN1CC(C)OC(C)C1.I. The van der Waals surface area contributed by atoms with Crippen molar-refractivity contribution in [3.63, 3.8) is 0 Å². The number of hydrogen-bond acceptors (Lipinski definition) is 5. The van der Waals surface area contributed by atoms with E-state index in [0.717, 1.165) is 51.5 Å². The summed E-state index contributed by atoms with van der Waals surface area (Å²) in [5, 5.41) is 9.34. The fourth-order valence-corrected chi connectivity index (χ4v) is 3.00. The second kappa shape index (κ2) is 14.2. The topological polar surface area (TPSA) is 87.2 Å². The number of guanidine groups is 1. The molecule has 1 rings (SSSR count). The summed E-state index contributed by atoms with van der Waals surface area (Å²) >= 11 is 0. The van der Waals surface area contributed by atoms with E-state index >= 15 is 0 Å². The number of alkyl carbamates (subject to hydrolysis) is 1. The van der Waals surface area contributed by atoms with Crippen molar-refractivity contribution in [2.45, 2.75) is 65.3 Å². The highest BCUT2D eigenvalue weighted by molar-refractivity contribution is 14.0. The molecule has 1 saturated heterocycles. The summed E-state index contributed by atoms with van der Waals surface area (Å²) in [7, 11) is 1.76. The molecule has 0 radical (unpaired) electrons. The van der Waals surface area contributed by atoms with Crippen molar-refractivity contribution in [3.8, 4) is 0 Å². The van der Waals surface area contributed by atoms with Crippen LogP contribution in [0, 0.1) is 0 Å². The van der Waals surface area contributed by atoms with E-state index in [-0.39, 0.29) is 30.1 Å². The lowest BCUT2D eigenvalue weighted by molar-refractivity contribution is -0.0679. The van der Waals surface area contributed by atoms with Gasteiger partial charge in [0.05, 0.1) is 12.2 Å². The van der Waals surface area contributed by atoms with Crippen LogP contribution in [0.3, 0.4) is 0 Å². The first-order valence-electron chi connectivity index (χ1n) is 9.99. The number of carbonyl (C=O) groups is 1. The minimum absolute atomic E-state index is 0. The molecule has 1 aliphatic rings. The molecule has 2 atom stereocenters. The largest absolute Gasteiger partial charge is 0.444 e. The van der Waals surface area contributed by atoms with E-state index in [1.54, 1.807) is 7.05 Å². The van der Waals surface area contributed by atoms with E-state index in [4.69, 9.17) is 9.47 Å². The van der Waals surface area contributed by atoms with Gasteiger partial charge in [0.15, 0.2) is 5.96 Å². The first-order chi connectivity index (χ1) is 12.7. The number of nitrogens with zero attached hydrogens (tertiary/aromatic N) is 2. The second-order valence-corrected chi connectivity index (χ2v) is 8.08. The molecule has 1 heterocycles. The Kier molecular flexibility index (Phi) is 13.8. The van der Waals surface area contributed by atoms with E-state index in [1.807, 2.05) is 20.8 Å². The van der Waals surface area contributed by atoms with Gasteiger partial charge in [0.1, 0.15) is 5.60 Å². The van der Waals surface area contributed by atoms with Crippen molar-refractivity contribution in [2.75, 3.05) is 46.3 Å². The monoisotopic (exact) mass is 513 g/mol. The molecule has 0 aromatic rings. The fraction of sp³-hybridized carbons (Fsp3) is 0.895. The maximum absolute atomic E-state index is 11.6. The first kappa shape index (κ1) is 27.2. The summed E-state index contributed by atoms with van der Waals surface area (Å²) < 4.78 is 11.0. The molecule has 166 valence electrons. The maximum atomic E-state index is 11.6. The molecule has 2 unspecified atom stereocenters. The number of nitrogens with one attached hydrogen (secondary N) is 3. The van der Waals surface area contributed by atoms with Crippen molar-refractivity contribution < 1.29 is 14.3 Å². The molecular formula is C19H40IN5O3. The predicted octanol–water partition coefficient (Wildman–Crippen LogP) is 2.18. The van der Waals surface area contributed by atoms with Crippen LogP contribution in [0.15, 0.2) is 4.99 Å². The minimum atomic E-state index is -0.467. The van der Waals surface area contributed by atoms with Crippen LogP contribution >= 0.6 is 24.0 Å². The molecule has 1 amide bonds. The average molecular weight is 513 g/mol. The van der Waals surface area contributed by atoms with Gasteiger partial charge in [-0.15, -0.1) is 24.0 Å².